The van der Waals surface area contributed by atoms with E-state index < -0.39 is 5.91 Å². The number of hydrogen-bond donors (Lipinski definition) is 1. The first-order valence-corrected chi connectivity index (χ1v) is 8.14. The summed E-state index contributed by atoms with van der Waals surface area (Å²) in [6, 6.07) is 9.40. The van der Waals surface area contributed by atoms with Gasteiger partial charge in [-0.1, -0.05) is 0 Å². The van der Waals surface area contributed by atoms with Gasteiger partial charge in [0.1, 0.15) is 0 Å². The fourth-order valence-corrected chi connectivity index (χ4v) is 3.72. The van der Waals surface area contributed by atoms with Crippen molar-refractivity contribution in [2.75, 3.05) is 11.4 Å². The van der Waals surface area contributed by atoms with Crippen molar-refractivity contribution in [1.82, 2.24) is 0 Å². The molecule has 2 N–H and O–H groups in total. The van der Waals surface area contributed by atoms with Gasteiger partial charge in [-0.05, 0) is 55.7 Å². The number of nitrogens with two attached hydrogens (primary N) is 1. The van der Waals surface area contributed by atoms with E-state index in [-0.39, 0.29) is 5.91 Å². The molecule has 3 rings (SSSR count). The van der Waals surface area contributed by atoms with Gasteiger partial charge in [0, 0.05) is 27.5 Å². The first-order chi connectivity index (χ1) is 10.5. The van der Waals surface area contributed by atoms with Crippen molar-refractivity contribution in [3.63, 3.8) is 0 Å². The Hall–Kier alpha value is -2.14. The molecule has 2 aromatic rings. The maximum absolute atomic E-state index is 12.6. The smallest absolute Gasteiger partial charge is 0.248 e. The number of hydrogen-bond acceptors (Lipinski definition) is 3. The number of anilines is 1. The minimum atomic E-state index is -0.430. The molecule has 0 fully saturated rings. The monoisotopic (exact) mass is 314 g/mol. The van der Waals surface area contributed by atoms with E-state index in [4.69, 9.17) is 5.73 Å². The summed E-state index contributed by atoms with van der Waals surface area (Å²) in [5.41, 5.74) is 7.77. The molecule has 4 nitrogen and oxygen atoms in total. The van der Waals surface area contributed by atoms with Crippen molar-refractivity contribution in [3.05, 3.63) is 51.2 Å². The number of thiophene rings is 1. The molecule has 2 heterocycles. The molecule has 0 saturated carbocycles. The fraction of sp³-hybridized carbons (Fsp3) is 0.294. The summed E-state index contributed by atoms with van der Waals surface area (Å²) >= 11 is 1.66. The lowest BCUT2D eigenvalue weighted by atomic mass is 9.98. The summed E-state index contributed by atoms with van der Waals surface area (Å²) in [6.07, 6.45) is 2.21. The fourth-order valence-electron chi connectivity index (χ4n) is 2.83. The second-order valence-electron chi connectivity index (χ2n) is 5.55. The Labute approximate surface area is 133 Å². The summed E-state index contributed by atoms with van der Waals surface area (Å²) in [4.78, 5) is 28.0. The molecule has 2 amide bonds. The van der Waals surface area contributed by atoms with Crippen LogP contribution in [0.25, 0.3) is 0 Å². The van der Waals surface area contributed by atoms with Crippen LogP contribution in [0.5, 0.6) is 0 Å². The normalized spacial score (nSPS) is 13.8. The Morgan fingerprint density at radius 1 is 1.27 bits per heavy atom. The van der Waals surface area contributed by atoms with E-state index in [1.165, 1.54) is 4.88 Å². The summed E-state index contributed by atoms with van der Waals surface area (Å²) < 4.78 is 0. The zero-order valence-electron chi connectivity index (χ0n) is 12.5. The van der Waals surface area contributed by atoms with Crippen LogP contribution < -0.4 is 10.6 Å². The van der Waals surface area contributed by atoms with Gasteiger partial charge in [0.25, 0.3) is 0 Å². The third kappa shape index (κ3) is 2.90. The Balaban J connectivity index is 1.84. The molecule has 0 spiro atoms. The largest absolute Gasteiger partial charge is 0.366 e. The molecule has 0 radical (unpaired) electrons. The molecule has 22 heavy (non-hydrogen) atoms. The van der Waals surface area contributed by atoms with Gasteiger partial charge >= 0.3 is 0 Å². The van der Waals surface area contributed by atoms with Crippen LogP contribution in [0.3, 0.4) is 0 Å². The van der Waals surface area contributed by atoms with Crippen molar-refractivity contribution in [3.8, 4) is 0 Å². The van der Waals surface area contributed by atoms with Crippen LogP contribution in [0.1, 0.15) is 32.1 Å². The van der Waals surface area contributed by atoms with Gasteiger partial charge in [-0.15, -0.1) is 11.3 Å². The highest BCUT2D eigenvalue weighted by molar-refractivity contribution is 7.12. The number of primary amides is 1. The Morgan fingerprint density at radius 3 is 2.77 bits per heavy atom. The summed E-state index contributed by atoms with van der Waals surface area (Å²) in [5, 5.41) is 0. The van der Waals surface area contributed by atoms with Crippen LogP contribution >= 0.6 is 11.3 Å². The molecular formula is C17H18N2O2S. The van der Waals surface area contributed by atoms with E-state index in [2.05, 4.69) is 0 Å². The molecule has 5 heteroatoms. The molecule has 1 aliphatic heterocycles. The van der Waals surface area contributed by atoms with Crippen LogP contribution in [0.15, 0.2) is 30.3 Å². The lowest BCUT2D eigenvalue weighted by Crippen LogP contribution is -2.36. The second kappa shape index (κ2) is 5.93. The lowest BCUT2D eigenvalue weighted by molar-refractivity contribution is -0.118. The van der Waals surface area contributed by atoms with Crippen LogP contribution in [-0.2, 0) is 17.6 Å². The topological polar surface area (TPSA) is 63.4 Å². The van der Waals surface area contributed by atoms with Crippen LogP contribution in [0, 0.1) is 6.92 Å². The van der Waals surface area contributed by atoms with Gasteiger partial charge in [0.05, 0.1) is 6.42 Å². The second-order valence-corrected chi connectivity index (χ2v) is 6.92. The predicted octanol–water partition coefficient (Wildman–Crippen LogP) is 2.68. The maximum atomic E-state index is 12.6. The van der Waals surface area contributed by atoms with Crippen molar-refractivity contribution in [2.45, 2.75) is 26.2 Å². The van der Waals surface area contributed by atoms with E-state index in [9.17, 15) is 9.59 Å². The van der Waals surface area contributed by atoms with Gasteiger partial charge in [-0.3, -0.25) is 9.59 Å². The highest BCUT2D eigenvalue weighted by Gasteiger charge is 2.23. The number of aryl methyl sites for hydroxylation is 2. The van der Waals surface area contributed by atoms with Gasteiger partial charge in [-0.2, -0.15) is 0 Å². The Morgan fingerprint density at radius 2 is 2.09 bits per heavy atom. The molecule has 1 aliphatic rings. The molecule has 0 aliphatic carbocycles. The molecule has 1 aromatic heterocycles. The molecule has 0 unspecified atom stereocenters. The molecular weight excluding hydrogens is 296 g/mol. The van der Waals surface area contributed by atoms with E-state index in [1.54, 1.807) is 17.4 Å². The highest BCUT2D eigenvalue weighted by atomic mass is 32.1. The lowest BCUT2D eigenvalue weighted by Gasteiger charge is -2.29. The van der Waals surface area contributed by atoms with Crippen LogP contribution in [0.4, 0.5) is 5.69 Å². The van der Waals surface area contributed by atoms with Gasteiger partial charge in [0.2, 0.25) is 11.8 Å². The van der Waals surface area contributed by atoms with Gasteiger partial charge < -0.3 is 10.6 Å². The first-order valence-electron chi connectivity index (χ1n) is 7.33. The van der Waals surface area contributed by atoms with E-state index in [0.29, 0.717) is 12.0 Å². The van der Waals surface area contributed by atoms with Crippen molar-refractivity contribution in [1.29, 1.82) is 0 Å². The van der Waals surface area contributed by atoms with Gasteiger partial charge in [-0.25, -0.2) is 0 Å². The van der Waals surface area contributed by atoms with E-state index >= 15 is 0 Å². The number of rotatable bonds is 3. The number of benzene rings is 1. The first kappa shape index (κ1) is 14.8. The van der Waals surface area contributed by atoms with Crippen molar-refractivity contribution in [2.24, 2.45) is 5.73 Å². The standard InChI is InChI=1S/C17H18N2O2S/c1-11-4-6-14(22-11)10-16(20)19-8-2-3-12-9-13(17(18)21)5-7-15(12)19/h4-7,9H,2-3,8,10H2,1H3,(H2,18,21). The van der Waals surface area contributed by atoms with Crippen molar-refractivity contribution >= 4 is 28.8 Å². The minimum Gasteiger partial charge on any atom is -0.366 e. The third-order valence-corrected chi connectivity index (χ3v) is 4.91. The van der Waals surface area contributed by atoms with Crippen molar-refractivity contribution < 1.29 is 9.59 Å². The molecule has 0 bridgehead atoms. The predicted molar refractivity (Wildman–Crippen MR) is 88.4 cm³/mol. The Kier molecular flexibility index (Phi) is 3.98. The van der Waals surface area contributed by atoms with E-state index in [1.807, 2.05) is 36.1 Å². The number of fused-ring (bicyclic) bond motifs is 1. The SMILES string of the molecule is Cc1ccc(CC(=O)N2CCCc3cc(C(N)=O)ccc32)s1. The number of carbonyl (C=O) groups is 2. The minimum absolute atomic E-state index is 0.106. The molecule has 1 aromatic carbocycles. The average Bonchev–Trinajstić information content (AvgIpc) is 2.91. The Bertz CT molecular complexity index is 736. The number of carbonyl (C=O) groups excluding carboxylic acids is 2. The maximum Gasteiger partial charge on any atom is 0.248 e. The summed E-state index contributed by atoms with van der Waals surface area (Å²) in [7, 11) is 0. The van der Waals surface area contributed by atoms with E-state index in [0.717, 1.165) is 35.5 Å². The number of nitrogens with zero attached hydrogens (tertiary/aromatic N) is 1. The van der Waals surface area contributed by atoms with Gasteiger partial charge in [0.15, 0.2) is 0 Å². The molecule has 0 saturated heterocycles. The quantitative estimate of drug-likeness (QED) is 0.946. The number of amides is 2. The zero-order chi connectivity index (χ0) is 15.7. The summed E-state index contributed by atoms with van der Waals surface area (Å²) in [6.45, 7) is 2.77. The molecule has 0 atom stereocenters. The third-order valence-electron chi connectivity index (χ3n) is 3.91. The molecule has 114 valence electrons. The van der Waals surface area contributed by atoms with Crippen LogP contribution in [0.2, 0.25) is 0 Å². The summed E-state index contributed by atoms with van der Waals surface area (Å²) in [5.74, 6) is -0.324. The van der Waals surface area contributed by atoms with Crippen LogP contribution in [-0.4, -0.2) is 18.4 Å². The average molecular weight is 314 g/mol. The highest BCUT2D eigenvalue weighted by Crippen LogP contribution is 2.29. The zero-order valence-corrected chi connectivity index (χ0v) is 13.3.